The number of methoxy groups -OCH3 is 2. The lowest BCUT2D eigenvalue weighted by molar-refractivity contribution is 0.0601. The van der Waals surface area contributed by atoms with Crippen LogP contribution in [0.5, 0.6) is 5.75 Å². The van der Waals surface area contributed by atoms with Crippen molar-refractivity contribution in [1.29, 1.82) is 0 Å². The first kappa shape index (κ1) is 14.1. The zero-order valence-electron chi connectivity index (χ0n) is 12.2. The molecule has 0 fully saturated rings. The van der Waals surface area contributed by atoms with E-state index in [0.717, 1.165) is 28.0 Å². The van der Waals surface area contributed by atoms with E-state index in [2.05, 4.69) is 0 Å². The number of hydrogen-bond acceptors (Lipinski definition) is 3. The van der Waals surface area contributed by atoms with Gasteiger partial charge in [-0.3, -0.25) is 0 Å². The normalized spacial score (nSPS) is 10.2. The van der Waals surface area contributed by atoms with Crippen LogP contribution in [0.4, 0.5) is 0 Å². The number of carbonyl (C=O) groups excluding carboxylic acids is 1. The quantitative estimate of drug-likeness (QED) is 0.796. The summed E-state index contributed by atoms with van der Waals surface area (Å²) in [5.74, 6) is 0.472. The highest BCUT2D eigenvalue weighted by Gasteiger charge is 2.11. The smallest absolute Gasteiger partial charge is 0.337 e. The fourth-order valence-corrected chi connectivity index (χ4v) is 2.18. The summed E-state index contributed by atoms with van der Waals surface area (Å²) < 4.78 is 10.1. The molecule has 0 atom stereocenters. The van der Waals surface area contributed by atoms with E-state index in [1.807, 2.05) is 44.2 Å². The molecule has 2 rings (SSSR count). The van der Waals surface area contributed by atoms with Crippen molar-refractivity contribution in [2.45, 2.75) is 13.8 Å². The standard InChI is InChI=1S/C17H18O3/c1-11-5-7-13(17(18)20-4)9-15(11)16-10-14(19-3)8-6-12(16)2/h5-10H,1-4H3. The van der Waals surface area contributed by atoms with Gasteiger partial charge in [0.15, 0.2) is 0 Å². The SMILES string of the molecule is COC(=O)c1ccc(C)c(-c2cc(OC)ccc2C)c1. The van der Waals surface area contributed by atoms with Crippen molar-refractivity contribution in [3.63, 3.8) is 0 Å². The van der Waals surface area contributed by atoms with Crippen molar-refractivity contribution in [3.8, 4) is 16.9 Å². The van der Waals surface area contributed by atoms with Gasteiger partial charge < -0.3 is 9.47 Å². The molecule has 0 spiro atoms. The van der Waals surface area contributed by atoms with Crippen molar-refractivity contribution in [3.05, 3.63) is 53.1 Å². The van der Waals surface area contributed by atoms with E-state index in [-0.39, 0.29) is 5.97 Å². The molecular weight excluding hydrogens is 252 g/mol. The Hall–Kier alpha value is -2.29. The van der Waals surface area contributed by atoms with Crippen LogP contribution in [0.1, 0.15) is 21.5 Å². The molecule has 104 valence electrons. The Morgan fingerprint density at radius 3 is 2.10 bits per heavy atom. The van der Waals surface area contributed by atoms with Gasteiger partial charge in [0.1, 0.15) is 5.75 Å². The van der Waals surface area contributed by atoms with Gasteiger partial charge in [0.05, 0.1) is 19.8 Å². The van der Waals surface area contributed by atoms with Gasteiger partial charge in [0.2, 0.25) is 0 Å². The Morgan fingerprint density at radius 1 is 0.900 bits per heavy atom. The highest BCUT2D eigenvalue weighted by atomic mass is 16.5. The molecular formula is C17H18O3. The summed E-state index contributed by atoms with van der Waals surface area (Å²) in [6.07, 6.45) is 0. The largest absolute Gasteiger partial charge is 0.497 e. The maximum atomic E-state index is 11.7. The number of aryl methyl sites for hydroxylation is 2. The van der Waals surface area contributed by atoms with Crippen molar-refractivity contribution >= 4 is 5.97 Å². The van der Waals surface area contributed by atoms with Crippen molar-refractivity contribution in [2.24, 2.45) is 0 Å². The molecule has 3 nitrogen and oxygen atoms in total. The lowest BCUT2D eigenvalue weighted by Gasteiger charge is -2.12. The fourth-order valence-electron chi connectivity index (χ4n) is 2.18. The number of esters is 1. The second-order valence-electron chi connectivity index (χ2n) is 4.70. The summed E-state index contributed by atoms with van der Waals surface area (Å²) in [4.78, 5) is 11.7. The monoisotopic (exact) mass is 270 g/mol. The van der Waals surface area contributed by atoms with Gasteiger partial charge in [0, 0.05) is 0 Å². The first-order valence-corrected chi connectivity index (χ1v) is 6.40. The van der Waals surface area contributed by atoms with Crippen molar-refractivity contribution in [1.82, 2.24) is 0 Å². The van der Waals surface area contributed by atoms with Crippen LogP contribution in [0.25, 0.3) is 11.1 Å². The summed E-state index contributed by atoms with van der Waals surface area (Å²) in [5, 5.41) is 0. The topological polar surface area (TPSA) is 35.5 Å². The van der Waals surface area contributed by atoms with Gasteiger partial charge in [-0.25, -0.2) is 4.79 Å². The maximum absolute atomic E-state index is 11.7. The summed E-state index contributed by atoms with van der Waals surface area (Å²) in [6, 6.07) is 11.5. The van der Waals surface area contributed by atoms with Crippen LogP contribution >= 0.6 is 0 Å². The van der Waals surface area contributed by atoms with Crippen molar-refractivity contribution in [2.75, 3.05) is 14.2 Å². The zero-order chi connectivity index (χ0) is 14.7. The second-order valence-corrected chi connectivity index (χ2v) is 4.70. The molecule has 0 radical (unpaired) electrons. The predicted molar refractivity (Wildman–Crippen MR) is 79.2 cm³/mol. The van der Waals surface area contributed by atoms with E-state index in [1.165, 1.54) is 7.11 Å². The lowest BCUT2D eigenvalue weighted by Crippen LogP contribution is -2.02. The number of benzene rings is 2. The van der Waals surface area contributed by atoms with E-state index in [0.29, 0.717) is 5.56 Å². The minimum absolute atomic E-state index is 0.327. The number of ether oxygens (including phenoxy) is 2. The van der Waals surface area contributed by atoms with Crippen LogP contribution in [0, 0.1) is 13.8 Å². The van der Waals surface area contributed by atoms with Crippen LogP contribution in [0.2, 0.25) is 0 Å². The predicted octanol–water partition coefficient (Wildman–Crippen LogP) is 3.77. The molecule has 0 aliphatic heterocycles. The van der Waals surface area contributed by atoms with Gasteiger partial charge in [-0.15, -0.1) is 0 Å². The Bertz CT molecular complexity index is 645. The maximum Gasteiger partial charge on any atom is 0.337 e. The molecule has 0 saturated heterocycles. The van der Waals surface area contributed by atoms with Gasteiger partial charge in [0.25, 0.3) is 0 Å². The Labute approximate surface area is 119 Å². The van der Waals surface area contributed by atoms with E-state index in [1.54, 1.807) is 13.2 Å². The molecule has 0 saturated carbocycles. The molecule has 0 bridgehead atoms. The van der Waals surface area contributed by atoms with E-state index < -0.39 is 0 Å². The molecule has 2 aromatic carbocycles. The third-order valence-corrected chi connectivity index (χ3v) is 3.39. The number of rotatable bonds is 3. The third kappa shape index (κ3) is 2.67. The number of carbonyl (C=O) groups is 1. The molecule has 0 aliphatic carbocycles. The van der Waals surface area contributed by atoms with E-state index >= 15 is 0 Å². The average Bonchev–Trinajstić information content (AvgIpc) is 2.48. The molecule has 2 aromatic rings. The first-order valence-electron chi connectivity index (χ1n) is 6.40. The van der Waals surface area contributed by atoms with Crippen LogP contribution < -0.4 is 4.74 Å². The van der Waals surface area contributed by atoms with Gasteiger partial charge in [-0.2, -0.15) is 0 Å². The minimum Gasteiger partial charge on any atom is -0.497 e. The summed E-state index contributed by atoms with van der Waals surface area (Å²) in [6.45, 7) is 4.06. The summed E-state index contributed by atoms with van der Waals surface area (Å²) in [5.41, 5.74) is 4.87. The van der Waals surface area contributed by atoms with E-state index in [9.17, 15) is 4.79 Å². The van der Waals surface area contributed by atoms with Crippen LogP contribution in [0.3, 0.4) is 0 Å². The lowest BCUT2D eigenvalue weighted by atomic mass is 9.94. The molecule has 0 N–H and O–H groups in total. The van der Waals surface area contributed by atoms with Gasteiger partial charge >= 0.3 is 5.97 Å². The molecule has 0 heterocycles. The number of hydrogen-bond donors (Lipinski definition) is 0. The van der Waals surface area contributed by atoms with Crippen LogP contribution in [-0.2, 0) is 4.74 Å². The Morgan fingerprint density at radius 2 is 1.50 bits per heavy atom. The van der Waals surface area contributed by atoms with Crippen LogP contribution in [0.15, 0.2) is 36.4 Å². The molecule has 3 heteroatoms. The minimum atomic E-state index is -0.327. The van der Waals surface area contributed by atoms with Gasteiger partial charge in [-0.05, 0) is 60.4 Å². The zero-order valence-corrected chi connectivity index (χ0v) is 12.2. The fraction of sp³-hybridized carbons (Fsp3) is 0.235. The highest BCUT2D eigenvalue weighted by molar-refractivity contribution is 5.91. The molecule has 0 unspecified atom stereocenters. The highest BCUT2D eigenvalue weighted by Crippen LogP contribution is 2.30. The Kier molecular flexibility index (Phi) is 4.08. The molecule has 0 aliphatic rings. The van der Waals surface area contributed by atoms with E-state index in [4.69, 9.17) is 9.47 Å². The molecule has 0 aromatic heterocycles. The summed E-state index contributed by atoms with van der Waals surface area (Å²) >= 11 is 0. The first-order chi connectivity index (χ1) is 9.56. The molecule has 20 heavy (non-hydrogen) atoms. The average molecular weight is 270 g/mol. The molecule has 0 amide bonds. The van der Waals surface area contributed by atoms with Crippen molar-refractivity contribution < 1.29 is 14.3 Å². The Balaban J connectivity index is 2.59. The van der Waals surface area contributed by atoms with Crippen LogP contribution in [-0.4, -0.2) is 20.2 Å². The van der Waals surface area contributed by atoms with Gasteiger partial charge in [-0.1, -0.05) is 12.1 Å². The summed E-state index contributed by atoms with van der Waals surface area (Å²) in [7, 11) is 3.03. The third-order valence-electron chi connectivity index (χ3n) is 3.39. The second kappa shape index (κ2) is 5.78.